The molecule has 1 saturated carbocycles. The number of rotatable bonds is 1. The van der Waals surface area contributed by atoms with Crippen LogP contribution in [0.4, 0.5) is 5.82 Å². The second kappa shape index (κ2) is 4.13. The lowest BCUT2D eigenvalue weighted by atomic mass is 9.85. The van der Waals surface area contributed by atoms with E-state index in [2.05, 4.69) is 9.97 Å². The highest BCUT2D eigenvalue weighted by Crippen LogP contribution is 2.37. The fraction of sp³-hybridized carbons (Fsp3) is 0.600. The van der Waals surface area contributed by atoms with Crippen LogP contribution >= 0.6 is 11.6 Å². The van der Waals surface area contributed by atoms with Gasteiger partial charge >= 0.3 is 0 Å². The van der Waals surface area contributed by atoms with Crippen LogP contribution in [0.15, 0.2) is 6.33 Å². The first-order chi connectivity index (χ1) is 6.79. The summed E-state index contributed by atoms with van der Waals surface area (Å²) in [6.07, 6.45) is 7.59. The first-order valence-corrected chi connectivity index (χ1v) is 5.42. The summed E-state index contributed by atoms with van der Waals surface area (Å²) in [4.78, 5) is 7.99. The van der Waals surface area contributed by atoms with E-state index in [4.69, 9.17) is 17.3 Å². The Bertz CT molecular complexity index is 301. The van der Waals surface area contributed by atoms with Crippen molar-refractivity contribution in [2.75, 3.05) is 5.73 Å². The average Bonchev–Trinajstić information content (AvgIpc) is 2.19. The van der Waals surface area contributed by atoms with Crippen LogP contribution in [-0.4, -0.2) is 9.97 Å². The molecule has 1 aromatic rings. The normalized spacial score (nSPS) is 18.4. The Morgan fingerprint density at radius 3 is 2.57 bits per heavy atom. The summed E-state index contributed by atoms with van der Waals surface area (Å²) in [5.74, 6) is 1.02. The number of nitrogens with two attached hydrogens (primary N) is 1. The molecule has 76 valence electrons. The van der Waals surface area contributed by atoms with Crippen LogP contribution < -0.4 is 5.73 Å². The summed E-state index contributed by atoms with van der Waals surface area (Å²) < 4.78 is 0. The lowest BCUT2D eigenvalue weighted by Gasteiger charge is -2.22. The zero-order valence-electron chi connectivity index (χ0n) is 8.04. The molecule has 1 heterocycles. The molecule has 0 radical (unpaired) electrons. The predicted molar refractivity (Wildman–Crippen MR) is 57.3 cm³/mol. The molecule has 1 aliphatic rings. The number of hydrogen-bond donors (Lipinski definition) is 1. The van der Waals surface area contributed by atoms with Gasteiger partial charge in [-0.2, -0.15) is 0 Å². The molecule has 0 aliphatic heterocycles. The molecule has 0 bridgehead atoms. The quantitative estimate of drug-likeness (QED) is 0.727. The van der Waals surface area contributed by atoms with E-state index in [0.29, 0.717) is 16.9 Å². The van der Waals surface area contributed by atoms with Gasteiger partial charge in [-0.05, 0) is 18.8 Å². The second-order valence-electron chi connectivity index (χ2n) is 3.80. The highest BCUT2D eigenvalue weighted by atomic mass is 35.5. The van der Waals surface area contributed by atoms with Crippen LogP contribution in [0.3, 0.4) is 0 Å². The second-order valence-corrected chi connectivity index (χ2v) is 4.16. The lowest BCUT2D eigenvalue weighted by Crippen LogP contribution is -2.09. The highest BCUT2D eigenvalue weighted by Gasteiger charge is 2.21. The van der Waals surface area contributed by atoms with E-state index in [9.17, 15) is 0 Å². The number of halogens is 1. The topological polar surface area (TPSA) is 51.8 Å². The summed E-state index contributed by atoms with van der Waals surface area (Å²) in [6.45, 7) is 0. The Kier molecular flexibility index (Phi) is 2.87. The molecule has 3 nitrogen and oxygen atoms in total. The molecule has 0 atom stereocenters. The van der Waals surface area contributed by atoms with E-state index >= 15 is 0 Å². The molecule has 2 N–H and O–H groups in total. The average molecular weight is 212 g/mol. The molecule has 0 spiro atoms. The molecule has 0 saturated heterocycles. The maximum Gasteiger partial charge on any atom is 0.138 e. The molecule has 14 heavy (non-hydrogen) atoms. The van der Waals surface area contributed by atoms with E-state index in [1.54, 1.807) is 0 Å². The van der Waals surface area contributed by atoms with Crippen LogP contribution in [0, 0.1) is 0 Å². The largest absolute Gasteiger partial charge is 0.383 e. The van der Waals surface area contributed by atoms with Gasteiger partial charge < -0.3 is 5.73 Å². The summed E-state index contributed by atoms with van der Waals surface area (Å²) in [5.41, 5.74) is 6.78. The molecule has 1 fully saturated rings. The number of nitrogens with zero attached hydrogens (tertiary/aromatic N) is 2. The Morgan fingerprint density at radius 2 is 1.93 bits per heavy atom. The first-order valence-electron chi connectivity index (χ1n) is 5.05. The number of anilines is 1. The molecule has 1 aromatic heterocycles. The van der Waals surface area contributed by atoms with Crippen molar-refractivity contribution in [2.45, 2.75) is 38.0 Å². The maximum atomic E-state index is 6.03. The Labute approximate surface area is 88.7 Å². The minimum absolute atomic E-state index is 0.470. The van der Waals surface area contributed by atoms with Crippen molar-refractivity contribution < 1.29 is 0 Å². The number of aromatic nitrogens is 2. The summed E-state index contributed by atoms with van der Waals surface area (Å²) in [7, 11) is 0. The SMILES string of the molecule is Nc1ncnc(Cl)c1C1CCCCC1. The monoisotopic (exact) mass is 211 g/mol. The van der Waals surface area contributed by atoms with Crippen molar-refractivity contribution in [3.63, 3.8) is 0 Å². The first kappa shape index (κ1) is 9.71. The van der Waals surface area contributed by atoms with Crippen molar-refractivity contribution in [1.29, 1.82) is 0 Å². The van der Waals surface area contributed by atoms with Crippen LogP contribution in [0.2, 0.25) is 5.15 Å². The minimum Gasteiger partial charge on any atom is -0.383 e. The van der Waals surface area contributed by atoms with E-state index < -0.39 is 0 Å². The van der Waals surface area contributed by atoms with Gasteiger partial charge in [0, 0.05) is 5.56 Å². The predicted octanol–water partition coefficient (Wildman–Crippen LogP) is 2.76. The zero-order valence-corrected chi connectivity index (χ0v) is 8.80. The van der Waals surface area contributed by atoms with Gasteiger partial charge in [-0.3, -0.25) is 0 Å². The van der Waals surface area contributed by atoms with E-state index in [0.717, 1.165) is 18.4 Å². The number of nitrogen functional groups attached to an aromatic ring is 1. The van der Waals surface area contributed by atoms with Crippen molar-refractivity contribution in [1.82, 2.24) is 9.97 Å². The van der Waals surface area contributed by atoms with Gasteiger partial charge in [0.1, 0.15) is 17.3 Å². The summed E-state index contributed by atoms with van der Waals surface area (Å²) in [5, 5.41) is 0.532. The molecule has 1 aliphatic carbocycles. The molecular weight excluding hydrogens is 198 g/mol. The van der Waals surface area contributed by atoms with E-state index in [1.807, 2.05) is 0 Å². The smallest absolute Gasteiger partial charge is 0.138 e. The van der Waals surface area contributed by atoms with Crippen molar-refractivity contribution in [2.24, 2.45) is 0 Å². The van der Waals surface area contributed by atoms with E-state index in [1.165, 1.54) is 25.6 Å². The van der Waals surface area contributed by atoms with Gasteiger partial charge in [-0.15, -0.1) is 0 Å². The third kappa shape index (κ3) is 1.82. The zero-order chi connectivity index (χ0) is 9.97. The highest BCUT2D eigenvalue weighted by molar-refractivity contribution is 6.30. The van der Waals surface area contributed by atoms with Crippen LogP contribution in [0.1, 0.15) is 43.6 Å². The summed E-state index contributed by atoms with van der Waals surface area (Å²) in [6, 6.07) is 0. The van der Waals surface area contributed by atoms with Crippen LogP contribution in [-0.2, 0) is 0 Å². The van der Waals surface area contributed by atoms with Gasteiger partial charge in [0.15, 0.2) is 0 Å². The third-order valence-corrected chi connectivity index (χ3v) is 3.18. The molecular formula is C10H14ClN3. The Morgan fingerprint density at radius 1 is 1.21 bits per heavy atom. The minimum atomic E-state index is 0.470. The van der Waals surface area contributed by atoms with Gasteiger partial charge in [0.2, 0.25) is 0 Å². The van der Waals surface area contributed by atoms with Crippen LogP contribution in [0.25, 0.3) is 0 Å². The van der Waals surface area contributed by atoms with E-state index in [-0.39, 0.29) is 0 Å². The molecule has 0 aromatic carbocycles. The molecule has 0 amide bonds. The van der Waals surface area contributed by atoms with Crippen molar-refractivity contribution in [3.05, 3.63) is 17.0 Å². The molecule has 4 heteroatoms. The fourth-order valence-corrected chi connectivity index (χ4v) is 2.45. The standard InChI is InChI=1S/C10H14ClN3/c11-9-8(10(12)14-6-13-9)7-4-2-1-3-5-7/h6-7H,1-5H2,(H2,12,13,14). The Hall–Kier alpha value is -0.830. The van der Waals surface area contributed by atoms with Gasteiger partial charge in [0.05, 0.1) is 0 Å². The lowest BCUT2D eigenvalue weighted by molar-refractivity contribution is 0.443. The van der Waals surface area contributed by atoms with Crippen LogP contribution in [0.5, 0.6) is 0 Å². The van der Waals surface area contributed by atoms with Gasteiger partial charge in [-0.25, -0.2) is 9.97 Å². The molecule has 0 unspecified atom stereocenters. The maximum absolute atomic E-state index is 6.03. The van der Waals surface area contributed by atoms with Gasteiger partial charge in [0.25, 0.3) is 0 Å². The van der Waals surface area contributed by atoms with Crippen molar-refractivity contribution >= 4 is 17.4 Å². The van der Waals surface area contributed by atoms with Crippen molar-refractivity contribution in [3.8, 4) is 0 Å². The Balaban J connectivity index is 2.29. The third-order valence-electron chi connectivity index (χ3n) is 2.88. The van der Waals surface area contributed by atoms with Gasteiger partial charge in [-0.1, -0.05) is 30.9 Å². The fourth-order valence-electron chi connectivity index (χ4n) is 2.16. The number of hydrogen-bond acceptors (Lipinski definition) is 3. The summed E-state index contributed by atoms with van der Waals surface area (Å²) >= 11 is 6.03. The molecule has 2 rings (SSSR count).